The van der Waals surface area contributed by atoms with E-state index in [0.717, 1.165) is 12.2 Å². The fourth-order valence-corrected chi connectivity index (χ4v) is 2.49. The SMILES string of the molecule is CCCCc1occc1Sc1ccccc1. The van der Waals surface area contributed by atoms with E-state index in [0.29, 0.717) is 0 Å². The second kappa shape index (κ2) is 5.80. The Morgan fingerprint density at radius 2 is 1.94 bits per heavy atom. The molecule has 2 rings (SSSR count). The summed E-state index contributed by atoms with van der Waals surface area (Å²) in [6.07, 6.45) is 5.22. The Bertz CT molecular complexity index is 419. The minimum atomic E-state index is 1.04. The van der Waals surface area contributed by atoms with Gasteiger partial charge in [-0.1, -0.05) is 43.3 Å². The van der Waals surface area contributed by atoms with Crippen molar-refractivity contribution >= 4 is 11.8 Å². The van der Waals surface area contributed by atoms with Crippen molar-refractivity contribution < 1.29 is 4.42 Å². The van der Waals surface area contributed by atoms with E-state index in [1.807, 2.05) is 6.07 Å². The molecule has 0 atom stereocenters. The summed E-state index contributed by atoms with van der Waals surface area (Å²) in [5.74, 6) is 1.12. The van der Waals surface area contributed by atoms with Crippen LogP contribution in [0.15, 0.2) is 56.9 Å². The molecule has 84 valence electrons. The molecular weight excluding hydrogens is 216 g/mol. The van der Waals surface area contributed by atoms with Gasteiger partial charge in [0.15, 0.2) is 0 Å². The van der Waals surface area contributed by atoms with Crippen LogP contribution in [-0.4, -0.2) is 0 Å². The summed E-state index contributed by atoms with van der Waals surface area (Å²) in [5.41, 5.74) is 0. The maximum absolute atomic E-state index is 5.52. The summed E-state index contributed by atoms with van der Waals surface area (Å²) >= 11 is 1.78. The lowest BCUT2D eigenvalue weighted by atomic mass is 10.2. The van der Waals surface area contributed by atoms with Gasteiger partial charge in [0.25, 0.3) is 0 Å². The lowest BCUT2D eigenvalue weighted by molar-refractivity contribution is 0.492. The van der Waals surface area contributed by atoms with Gasteiger partial charge in [-0.05, 0) is 24.6 Å². The van der Waals surface area contributed by atoms with E-state index in [1.54, 1.807) is 18.0 Å². The molecular formula is C14H16OS. The van der Waals surface area contributed by atoms with Crippen molar-refractivity contribution in [2.45, 2.75) is 36.0 Å². The minimum Gasteiger partial charge on any atom is -0.468 e. The molecule has 0 radical (unpaired) electrons. The van der Waals surface area contributed by atoms with Crippen molar-refractivity contribution in [2.24, 2.45) is 0 Å². The normalized spacial score (nSPS) is 10.6. The van der Waals surface area contributed by atoms with Gasteiger partial charge in [0, 0.05) is 11.3 Å². The van der Waals surface area contributed by atoms with E-state index in [1.165, 1.54) is 22.6 Å². The molecule has 1 nitrogen and oxygen atoms in total. The van der Waals surface area contributed by atoms with Gasteiger partial charge in [-0.15, -0.1) is 0 Å². The number of hydrogen-bond donors (Lipinski definition) is 0. The van der Waals surface area contributed by atoms with Crippen LogP contribution in [0.2, 0.25) is 0 Å². The van der Waals surface area contributed by atoms with Crippen molar-refractivity contribution in [3.05, 3.63) is 48.4 Å². The Morgan fingerprint density at radius 3 is 2.69 bits per heavy atom. The number of rotatable bonds is 5. The van der Waals surface area contributed by atoms with Gasteiger partial charge < -0.3 is 4.42 Å². The number of furan rings is 1. The third-order valence-electron chi connectivity index (χ3n) is 2.43. The van der Waals surface area contributed by atoms with E-state index in [-0.39, 0.29) is 0 Å². The van der Waals surface area contributed by atoms with Gasteiger partial charge >= 0.3 is 0 Å². The molecule has 0 fully saturated rings. The summed E-state index contributed by atoms with van der Waals surface area (Å²) in [4.78, 5) is 2.52. The smallest absolute Gasteiger partial charge is 0.117 e. The number of unbranched alkanes of at least 4 members (excludes halogenated alkanes) is 1. The monoisotopic (exact) mass is 232 g/mol. The van der Waals surface area contributed by atoms with Gasteiger partial charge in [0.2, 0.25) is 0 Å². The molecule has 0 aliphatic carbocycles. The molecule has 0 saturated carbocycles. The van der Waals surface area contributed by atoms with Gasteiger partial charge in [0.05, 0.1) is 11.2 Å². The Labute approximate surface area is 101 Å². The van der Waals surface area contributed by atoms with Crippen LogP contribution in [0.3, 0.4) is 0 Å². The van der Waals surface area contributed by atoms with Crippen LogP contribution >= 0.6 is 11.8 Å². The third kappa shape index (κ3) is 2.92. The minimum absolute atomic E-state index is 1.04. The highest BCUT2D eigenvalue weighted by Crippen LogP contribution is 2.31. The highest BCUT2D eigenvalue weighted by atomic mass is 32.2. The highest BCUT2D eigenvalue weighted by Gasteiger charge is 2.07. The maximum Gasteiger partial charge on any atom is 0.117 e. The third-order valence-corrected chi connectivity index (χ3v) is 3.52. The molecule has 0 spiro atoms. The summed E-state index contributed by atoms with van der Waals surface area (Å²) in [6.45, 7) is 2.20. The predicted molar refractivity (Wildman–Crippen MR) is 67.9 cm³/mol. The molecule has 1 aromatic heterocycles. The standard InChI is InChI=1S/C14H16OS/c1-2-3-9-13-14(10-11-15-13)16-12-7-5-4-6-8-12/h4-8,10-11H,2-3,9H2,1H3. The van der Waals surface area contributed by atoms with Gasteiger partial charge in [0.1, 0.15) is 5.76 Å². The Balaban J connectivity index is 2.07. The Kier molecular flexibility index (Phi) is 4.11. The fraction of sp³-hybridized carbons (Fsp3) is 0.286. The zero-order valence-corrected chi connectivity index (χ0v) is 10.3. The molecule has 0 unspecified atom stereocenters. The molecule has 2 heteroatoms. The second-order valence-corrected chi connectivity index (χ2v) is 4.84. The van der Waals surface area contributed by atoms with E-state index >= 15 is 0 Å². The summed E-state index contributed by atoms with van der Waals surface area (Å²) in [6, 6.07) is 12.5. The van der Waals surface area contributed by atoms with E-state index in [4.69, 9.17) is 4.42 Å². The molecule has 0 N–H and O–H groups in total. The number of benzene rings is 1. The topological polar surface area (TPSA) is 13.1 Å². The molecule has 0 amide bonds. The number of hydrogen-bond acceptors (Lipinski definition) is 2. The van der Waals surface area contributed by atoms with E-state index in [9.17, 15) is 0 Å². The summed E-state index contributed by atoms with van der Waals surface area (Å²) in [7, 11) is 0. The zero-order chi connectivity index (χ0) is 11.2. The number of aryl methyl sites for hydroxylation is 1. The second-order valence-electron chi connectivity index (χ2n) is 3.73. The first-order valence-electron chi connectivity index (χ1n) is 5.69. The van der Waals surface area contributed by atoms with Crippen LogP contribution in [0.25, 0.3) is 0 Å². The van der Waals surface area contributed by atoms with Crippen LogP contribution in [0.1, 0.15) is 25.5 Å². The molecule has 0 aliphatic rings. The lowest BCUT2D eigenvalue weighted by Crippen LogP contribution is -1.83. The Hall–Kier alpha value is -1.15. The van der Waals surface area contributed by atoms with Crippen LogP contribution in [0.4, 0.5) is 0 Å². The molecule has 0 bridgehead atoms. The first-order chi connectivity index (χ1) is 7.90. The molecule has 0 aliphatic heterocycles. The predicted octanol–water partition coefficient (Wildman–Crippen LogP) is 4.77. The van der Waals surface area contributed by atoms with Gasteiger partial charge in [-0.2, -0.15) is 0 Å². The van der Waals surface area contributed by atoms with Crippen LogP contribution in [0.5, 0.6) is 0 Å². The lowest BCUT2D eigenvalue weighted by Gasteiger charge is -2.01. The highest BCUT2D eigenvalue weighted by molar-refractivity contribution is 7.99. The summed E-state index contributed by atoms with van der Waals surface area (Å²) < 4.78 is 5.52. The molecule has 1 aromatic carbocycles. The van der Waals surface area contributed by atoms with Crippen LogP contribution in [-0.2, 0) is 6.42 Å². The van der Waals surface area contributed by atoms with Crippen molar-refractivity contribution in [1.29, 1.82) is 0 Å². The molecule has 2 aromatic rings. The van der Waals surface area contributed by atoms with Crippen LogP contribution in [0, 0.1) is 0 Å². The average molecular weight is 232 g/mol. The van der Waals surface area contributed by atoms with E-state index in [2.05, 4.69) is 37.3 Å². The summed E-state index contributed by atoms with van der Waals surface area (Å²) in [5, 5.41) is 0. The molecule has 16 heavy (non-hydrogen) atoms. The van der Waals surface area contributed by atoms with Crippen molar-refractivity contribution in [3.63, 3.8) is 0 Å². The molecule has 0 saturated heterocycles. The van der Waals surface area contributed by atoms with Crippen molar-refractivity contribution in [1.82, 2.24) is 0 Å². The quantitative estimate of drug-likeness (QED) is 0.736. The first kappa shape index (κ1) is 11.3. The maximum atomic E-state index is 5.52. The van der Waals surface area contributed by atoms with Crippen molar-refractivity contribution in [2.75, 3.05) is 0 Å². The van der Waals surface area contributed by atoms with Gasteiger partial charge in [-0.3, -0.25) is 0 Å². The van der Waals surface area contributed by atoms with Crippen molar-refractivity contribution in [3.8, 4) is 0 Å². The van der Waals surface area contributed by atoms with E-state index < -0.39 is 0 Å². The van der Waals surface area contributed by atoms with Gasteiger partial charge in [-0.25, -0.2) is 0 Å². The largest absolute Gasteiger partial charge is 0.468 e. The fourth-order valence-electron chi connectivity index (χ4n) is 1.55. The molecule has 1 heterocycles. The zero-order valence-electron chi connectivity index (χ0n) is 9.48. The first-order valence-corrected chi connectivity index (χ1v) is 6.51. The average Bonchev–Trinajstić information content (AvgIpc) is 2.75. The Morgan fingerprint density at radius 1 is 1.12 bits per heavy atom. The van der Waals surface area contributed by atoms with Crippen LogP contribution < -0.4 is 0 Å².